The number of nitrogens with zero attached hydrogens (tertiary/aromatic N) is 2. The average molecular weight is 435 g/mol. The fourth-order valence-corrected chi connectivity index (χ4v) is 4.52. The van der Waals surface area contributed by atoms with Crippen molar-refractivity contribution in [2.45, 2.75) is 44.2 Å². The zero-order valence-corrected chi connectivity index (χ0v) is 17.7. The highest BCUT2D eigenvalue weighted by Crippen LogP contribution is 2.20. The maximum absolute atomic E-state index is 12.3. The van der Waals surface area contributed by atoms with E-state index in [1.165, 1.54) is 17.4 Å². The van der Waals surface area contributed by atoms with E-state index in [1.807, 2.05) is 16.8 Å². The van der Waals surface area contributed by atoms with Gasteiger partial charge in [0.25, 0.3) is 0 Å². The number of carbonyl (C=O) groups excluding carboxylic acids is 1. The number of hydrogen-bond acceptors (Lipinski definition) is 7. The van der Waals surface area contributed by atoms with Crippen LogP contribution in [-0.2, 0) is 27.8 Å². The third kappa shape index (κ3) is 5.96. The summed E-state index contributed by atoms with van der Waals surface area (Å²) in [6.45, 7) is 3.75. The van der Waals surface area contributed by atoms with E-state index in [1.54, 1.807) is 32.0 Å². The summed E-state index contributed by atoms with van der Waals surface area (Å²) >= 11 is 1.54. The van der Waals surface area contributed by atoms with Crippen LogP contribution in [0.15, 0.2) is 50.4 Å². The fraction of sp³-hybridized carbons (Fsp3) is 0.316. The van der Waals surface area contributed by atoms with Crippen molar-refractivity contribution >= 4 is 27.3 Å². The van der Waals surface area contributed by atoms with E-state index >= 15 is 0 Å². The molecular weight excluding hydrogens is 412 g/mol. The van der Waals surface area contributed by atoms with E-state index in [0.29, 0.717) is 23.8 Å². The van der Waals surface area contributed by atoms with Crippen LogP contribution in [0.2, 0.25) is 0 Å². The first-order chi connectivity index (χ1) is 13.8. The topological polar surface area (TPSA) is 114 Å². The summed E-state index contributed by atoms with van der Waals surface area (Å²) in [7, 11) is -3.57. The van der Waals surface area contributed by atoms with Gasteiger partial charge < -0.3 is 9.73 Å². The van der Waals surface area contributed by atoms with Crippen molar-refractivity contribution in [3.8, 4) is 11.5 Å². The molecule has 10 heteroatoms. The first kappa shape index (κ1) is 21.2. The molecule has 2 N–H and O–H groups in total. The van der Waals surface area contributed by atoms with Crippen molar-refractivity contribution < 1.29 is 17.6 Å². The first-order valence-corrected chi connectivity index (χ1v) is 11.5. The molecule has 2 heterocycles. The molecule has 0 aliphatic rings. The highest BCUT2D eigenvalue weighted by Gasteiger charge is 2.16. The van der Waals surface area contributed by atoms with E-state index in [2.05, 4.69) is 20.2 Å². The fourth-order valence-electron chi connectivity index (χ4n) is 2.57. The molecular formula is C19H22N4O4S2. The summed E-state index contributed by atoms with van der Waals surface area (Å²) < 4.78 is 32.6. The quantitative estimate of drug-likeness (QED) is 0.535. The van der Waals surface area contributed by atoms with Gasteiger partial charge in [-0.05, 0) is 43.0 Å². The maximum atomic E-state index is 12.3. The Morgan fingerprint density at radius 1 is 1.24 bits per heavy atom. The average Bonchev–Trinajstić information content (AvgIpc) is 3.35. The molecule has 0 atom stereocenters. The Balaban J connectivity index is 1.51. The summed E-state index contributed by atoms with van der Waals surface area (Å²) in [4.78, 5) is 12.3. The monoisotopic (exact) mass is 434 g/mol. The van der Waals surface area contributed by atoms with Crippen molar-refractivity contribution in [1.29, 1.82) is 0 Å². The molecule has 0 saturated heterocycles. The van der Waals surface area contributed by atoms with Gasteiger partial charge in [-0.1, -0.05) is 12.1 Å². The van der Waals surface area contributed by atoms with Gasteiger partial charge in [0.1, 0.15) is 0 Å². The lowest BCUT2D eigenvalue weighted by Crippen LogP contribution is -2.30. The Morgan fingerprint density at radius 2 is 2.07 bits per heavy atom. The SMILES string of the molecule is CC(C)NS(=O)(=O)c1cccc(CNC(=O)CCc2nnc(-c3ccsc3)o2)c1. The van der Waals surface area contributed by atoms with Crippen LogP contribution < -0.4 is 10.0 Å². The van der Waals surface area contributed by atoms with E-state index in [0.717, 1.165) is 5.56 Å². The Kier molecular flexibility index (Phi) is 6.78. The maximum Gasteiger partial charge on any atom is 0.248 e. The lowest BCUT2D eigenvalue weighted by molar-refractivity contribution is -0.121. The van der Waals surface area contributed by atoms with E-state index in [-0.39, 0.29) is 29.8 Å². The highest BCUT2D eigenvalue weighted by atomic mass is 32.2. The number of aryl methyl sites for hydroxylation is 1. The van der Waals surface area contributed by atoms with Crippen LogP contribution >= 0.6 is 11.3 Å². The van der Waals surface area contributed by atoms with Gasteiger partial charge in [-0.25, -0.2) is 13.1 Å². The van der Waals surface area contributed by atoms with Gasteiger partial charge >= 0.3 is 0 Å². The van der Waals surface area contributed by atoms with Gasteiger partial charge in [0, 0.05) is 36.4 Å². The van der Waals surface area contributed by atoms with E-state index in [4.69, 9.17) is 4.42 Å². The van der Waals surface area contributed by atoms with Crippen LogP contribution in [0.5, 0.6) is 0 Å². The van der Waals surface area contributed by atoms with Crippen molar-refractivity contribution in [2.75, 3.05) is 0 Å². The number of hydrogen-bond donors (Lipinski definition) is 2. The van der Waals surface area contributed by atoms with Crippen LogP contribution in [0.4, 0.5) is 0 Å². The largest absolute Gasteiger partial charge is 0.421 e. The number of carbonyl (C=O) groups is 1. The van der Waals surface area contributed by atoms with Gasteiger partial charge in [-0.3, -0.25) is 4.79 Å². The molecule has 29 heavy (non-hydrogen) atoms. The number of thiophene rings is 1. The number of rotatable bonds is 9. The summed E-state index contributed by atoms with van der Waals surface area (Å²) in [5.74, 6) is 0.651. The molecule has 1 aromatic carbocycles. The molecule has 3 aromatic rings. The van der Waals surface area contributed by atoms with Crippen LogP contribution in [0.25, 0.3) is 11.5 Å². The molecule has 0 unspecified atom stereocenters. The van der Waals surface area contributed by atoms with Gasteiger partial charge in [0.2, 0.25) is 27.7 Å². The molecule has 154 valence electrons. The zero-order chi connectivity index (χ0) is 20.9. The van der Waals surface area contributed by atoms with Gasteiger partial charge in [0.05, 0.1) is 4.90 Å². The molecule has 0 fully saturated rings. The molecule has 8 nitrogen and oxygen atoms in total. The van der Waals surface area contributed by atoms with Gasteiger partial charge in [0.15, 0.2) is 0 Å². The summed E-state index contributed by atoms with van der Waals surface area (Å²) in [6, 6.07) is 8.18. The molecule has 0 aliphatic heterocycles. The molecule has 0 spiro atoms. The van der Waals surface area contributed by atoms with Crippen molar-refractivity contribution in [3.63, 3.8) is 0 Å². The second-order valence-electron chi connectivity index (χ2n) is 6.71. The van der Waals surface area contributed by atoms with E-state index in [9.17, 15) is 13.2 Å². The zero-order valence-electron chi connectivity index (χ0n) is 16.1. The van der Waals surface area contributed by atoms with Crippen molar-refractivity contribution in [3.05, 3.63) is 52.5 Å². The molecule has 0 aliphatic carbocycles. The van der Waals surface area contributed by atoms with Crippen LogP contribution in [0.1, 0.15) is 31.7 Å². The number of aromatic nitrogens is 2. The third-order valence-electron chi connectivity index (χ3n) is 3.89. The normalized spacial score (nSPS) is 11.7. The molecule has 1 amide bonds. The van der Waals surface area contributed by atoms with Gasteiger partial charge in [-0.15, -0.1) is 10.2 Å². The minimum atomic E-state index is -3.57. The van der Waals surface area contributed by atoms with Crippen LogP contribution in [0.3, 0.4) is 0 Å². The summed E-state index contributed by atoms with van der Waals surface area (Å²) in [5, 5.41) is 14.6. The Hall–Kier alpha value is -2.56. The Labute approximate surface area is 173 Å². The minimum absolute atomic E-state index is 0.171. The molecule has 0 radical (unpaired) electrons. The minimum Gasteiger partial charge on any atom is -0.421 e. The van der Waals surface area contributed by atoms with Crippen LogP contribution in [-0.4, -0.2) is 30.6 Å². The molecule has 3 rings (SSSR count). The Bertz CT molecular complexity index is 1060. The second-order valence-corrected chi connectivity index (χ2v) is 9.21. The predicted molar refractivity (Wildman–Crippen MR) is 110 cm³/mol. The number of benzene rings is 1. The lowest BCUT2D eigenvalue weighted by atomic mass is 10.2. The lowest BCUT2D eigenvalue weighted by Gasteiger charge is -2.11. The number of amides is 1. The predicted octanol–water partition coefficient (Wildman–Crippen LogP) is 2.73. The molecule has 2 aromatic heterocycles. The molecule has 0 saturated carbocycles. The number of sulfonamides is 1. The van der Waals surface area contributed by atoms with Gasteiger partial charge in [-0.2, -0.15) is 11.3 Å². The first-order valence-electron chi connectivity index (χ1n) is 9.06. The third-order valence-corrected chi connectivity index (χ3v) is 6.23. The standard InChI is InChI=1S/C19H22N4O4S2/c1-13(2)23-29(25,26)16-5-3-4-14(10-16)11-20-17(24)6-7-18-21-22-19(27-18)15-8-9-28-12-15/h3-5,8-10,12-13,23H,6-7,11H2,1-2H3,(H,20,24). The van der Waals surface area contributed by atoms with Crippen molar-refractivity contribution in [1.82, 2.24) is 20.2 Å². The summed E-state index contributed by atoms with van der Waals surface area (Å²) in [5.41, 5.74) is 1.56. The van der Waals surface area contributed by atoms with Crippen LogP contribution in [0, 0.1) is 0 Å². The van der Waals surface area contributed by atoms with Crippen molar-refractivity contribution in [2.24, 2.45) is 0 Å². The van der Waals surface area contributed by atoms with E-state index < -0.39 is 10.0 Å². The smallest absolute Gasteiger partial charge is 0.248 e. The Morgan fingerprint density at radius 3 is 2.79 bits per heavy atom. The number of nitrogens with one attached hydrogen (secondary N) is 2. The highest BCUT2D eigenvalue weighted by molar-refractivity contribution is 7.89. The summed E-state index contributed by atoms with van der Waals surface area (Å²) in [6.07, 6.45) is 0.522. The second kappa shape index (κ2) is 9.29. The molecule has 0 bridgehead atoms.